The van der Waals surface area contributed by atoms with Crippen LogP contribution in [0.3, 0.4) is 0 Å². The maximum atomic E-state index is 12.8. The Bertz CT molecular complexity index is 1020. The molecule has 3 rings (SSSR count). The van der Waals surface area contributed by atoms with Crippen LogP contribution in [0, 0.1) is 13.8 Å². The third kappa shape index (κ3) is 4.87. The number of likely N-dealkylation sites (N-methyl/N-ethyl adjacent to an activating group) is 1. The minimum Gasteiger partial charge on any atom is -0.612 e. The van der Waals surface area contributed by atoms with Gasteiger partial charge in [-0.25, -0.2) is 0 Å². The summed E-state index contributed by atoms with van der Waals surface area (Å²) in [5.74, 6) is -0.339. The largest absolute Gasteiger partial charge is 0.612 e. The molecule has 3 N–H and O–H groups in total. The highest BCUT2D eigenvalue weighted by molar-refractivity contribution is 7.90. The van der Waals surface area contributed by atoms with Gasteiger partial charge in [-0.3, -0.25) is 9.59 Å². The third-order valence-electron chi connectivity index (χ3n) is 5.71. The van der Waals surface area contributed by atoms with Crippen LogP contribution in [0.25, 0.3) is 11.6 Å². The highest BCUT2D eigenvalue weighted by atomic mass is 32.2. The Hall–Kier alpha value is -2.55. The molecule has 0 saturated carbocycles. The fourth-order valence-corrected chi connectivity index (χ4v) is 4.39. The summed E-state index contributed by atoms with van der Waals surface area (Å²) in [6.07, 6.45) is 3.37. The Balaban J connectivity index is 1.86. The van der Waals surface area contributed by atoms with E-state index in [1.54, 1.807) is 30.5 Å². The number of anilines is 1. The van der Waals surface area contributed by atoms with E-state index in [1.807, 2.05) is 13.8 Å². The zero-order chi connectivity index (χ0) is 22.7. The molecule has 1 unspecified atom stereocenters. The van der Waals surface area contributed by atoms with Crippen LogP contribution < -0.4 is 10.6 Å². The van der Waals surface area contributed by atoms with Crippen molar-refractivity contribution in [3.63, 3.8) is 0 Å². The lowest BCUT2D eigenvalue weighted by Gasteiger charge is -2.18. The van der Waals surface area contributed by atoms with E-state index in [0.717, 1.165) is 36.5 Å². The van der Waals surface area contributed by atoms with Gasteiger partial charge in [0.15, 0.2) is 4.90 Å². The van der Waals surface area contributed by atoms with E-state index in [0.29, 0.717) is 34.0 Å². The summed E-state index contributed by atoms with van der Waals surface area (Å²) >= 11 is -1.14. The van der Waals surface area contributed by atoms with Gasteiger partial charge in [-0.05, 0) is 61.9 Å². The summed E-state index contributed by atoms with van der Waals surface area (Å²) in [5.41, 5.74) is 4.77. The first kappa shape index (κ1) is 23.1. The molecular weight excluding hydrogens is 412 g/mol. The van der Waals surface area contributed by atoms with Gasteiger partial charge in [-0.15, -0.1) is 0 Å². The number of nitrogens with zero attached hydrogens (tertiary/aromatic N) is 1. The van der Waals surface area contributed by atoms with Gasteiger partial charge in [0.1, 0.15) is 6.26 Å². The summed E-state index contributed by atoms with van der Waals surface area (Å²) in [7, 11) is 0. The van der Waals surface area contributed by atoms with Gasteiger partial charge in [0.05, 0.1) is 11.1 Å². The average molecular weight is 443 g/mol. The van der Waals surface area contributed by atoms with Crippen LogP contribution in [0.2, 0.25) is 0 Å². The van der Waals surface area contributed by atoms with E-state index < -0.39 is 11.2 Å². The molecule has 1 atom stereocenters. The zero-order valence-electron chi connectivity index (χ0n) is 18.7. The molecule has 0 aliphatic carbocycles. The molecule has 2 heterocycles. The number of carbonyl (C=O) groups is 2. The average Bonchev–Trinajstić information content (AvgIpc) is 3.20. The first-order valence-corrected chi connectivity index (χ1v) is 12.0. The quantitative estimate of drug-likeness (QED) is 0.432. The van der Waals surface area contributed by atoms with Crippen molar-refractivity contribution in [3.8, 4) is 0 Å². The van der Waals surface area contributed by atoms with Crippen LogP contribution in [0.5, 0.6) is 0 Å². The summed E-state index contributed by atoms with van der Waals surface area (Å²) in [6.45, 7) is 11.2. The molecule has 1 aliphatic heterocycles. The number of hydrogen-bond acceptors (Lipinski definition) is 4. The van der Waals surface area contributed by atoms with Gasteiger partial charge in [-0.1, -0.05) is 13.8 Å². The molecule has 2 aromatic rings. The van der Waals surface area contributed by atoms with Crippen molar-refractivity contribution in [2.24, 2.45) is 0 Å². The number of nitrogens with one attached hydrogen (secondary N) is 3. The maximum Gasteiger partial charge on any atom is 0.256 e. The van der Waals surface area contributed by atoms with Gasteiger partial charge in [0.2, 0.25) is 0 Å². The van der Waals surface area contributed by atoms with Gasteiger partial charge in [-0.2, -0.15) is 0 Å². The normalized spacial score (nSPS) is 15.3. The van der Waals surface area contributed by atoms with Gasteiger partial charge in [0.25, 0.3) is 11.8 Å². The van der Waals surface area contributed by atoms with Crippen molar-refractivity contribution in [3.05, 3.63) is 46.3 Å². The summed E-state index contributed by atoms with van der Waals surface area (Å²) in [4.78, 5) is 31.5. The molecule has 166 valence electrons. The lowest BCUT2D eigenvalue weighted by Crippen LogP contribution is -2.35. The number of aromatic nitrogens is 1. The van der Waals surface area contributed by atoms with Gasteiger partial charge in [0, 0.05) is 41.8 Å². The molecule has 0 radical (unpaired) electrons. The minimum atomic E-state index is -1.14. The first-order valence-electron chi connectivity index (χ1n) is 10.5. The highest BCUT2D eigenvalue weighted by Gasteiger charge is 2.27. The monoisotopic (exact) mass is 442 g/mol. The molecule has 2 amide bonds. The summed E-state index contributed by atoms with van der Waals surface area (Å²) in [6, 6.07) is 5.30. The number of hydrogen-bond donors (Lipinski definition) is 3. The molecule has 1 aromatic heterocycles. The van der Waals surface area contributed by atoms with E-state index in [4.69, 9.17) is 0 Å². The van der Waals surface area contributed by atoms with Crippen LogP contribution in [0.1, 0.15) is 46.7 Å². The predicted octanol–water partition coefficient (Wildman–Crippen LogP) is 2.93. The number of benzene rings is 1. The second-order valence-corrected chi connectivity index (χ2v) is 9.00. The zero-order valence-corrected chi connectivity index (χ0v) is 19.5. The smallest absolute Gasteiger partial charge is 0.256 e. The molecule has 7 nitrogen and oxygen atoms in total. The Morgan fingerprint density at radius 3 is 2.61 bits per heavy atom. The van der Waals surface area contributed by atoms with E-state index in [9.17, 15) is 14.1 Å². The molecular formula is C23H30N4O3S. The van der Waals surface area contributed by atoms with Crippen molar-refractivity contribution in [2.75, 3.05) is 37.8 Å². The molecule has 1 aromatic carbocycles. The number of H-pyrrole nitrogens is 1. The second kappa shape index (κ2) is 9.72. The minimum absolute atomic E-state index is 0.122. The number of aromatic amines is 1. The predicted molar refractivity (Wildman–Crippen MR) is 126 cm³/mol. The Morgan fingerprint density at radius 2 is 1.97 bits per heavy atom. The Labute approximate surface area is 186 Å². The summed E-state index contributed by atoms with van der Waals surface area (Å²) < 4.78 is 11.9. The number of amides is 2. The number of carbonyl (C=O) groups excluding carboxylic acids is 2. The lowest BCUT2D eigenvalue weighted by molar-refractivity contribution is -0.110. The van der Waals surface area contributed by atoms with Crippen LogP contribution in [-0.2, 0) is 16.0 Å². The topological polar surface area (TPSA) is 100 Å². The van der Waals surface area contributed by atoms with E-state index >= 15 is 0 Å². The van der Waals surface area contributed by atoms with Gasteiger partial charge < -0.3 is 25.1 Å². The van der Waals surface area contributed by atoms with Crippen LogP contribution in [-0.4, -0.2) is 58.7 Å². The lowest BCUT2D eigenvalue weighted by atomic mass is 10.0. The second-order valence-electron chi connectivity index (χ2n) is 7.62. The molecule has 0 bridgehead atoms. The van der Waals surface area contributed by atoms with Crippen molar-refractivity contribution in [2.45, 2.75) is 32.6 Å². The fourth-order valence-electron chi connectivity index (χ4n) is 3.85. The van der Waals surface area contributed by atoms with Crippen LogP contribution in [0.15, 0.2) is 23.1 Å². The molecule has 31 heavy (non-hydrogen) atoms. The molecule has 8 heteroatoms. The van der Waals surface area contributed by atoms with Crippen molar-refractivity contribution < 1.29 is 14.1 Å². The third-order valence-corrected chi connectivity index (χ3v) is 6.62. The number of fused-ring (bicyclic) bond motifs is 1. The van der Waals surface area contributed by atoms with Crippen LogP contribution >= 0.6 is 0 Å². The fraction of sp³-hybridized carbons (Fsp3) is 0.391. The number of aryl methyl sites for hydroxylation is 1. The van der Waals surface area contributed by atoms with Crippen molar-refractivity contribution >= 4 is 40.3 Å². The molecule has 0 fully saturated rings. The first-order chi connectivity index (χ1) is 14.8. The van der Waals surface area contributed by atoms with E-state index in [2.05, 4.69) is 34.4 Å². The van der Waals surface area contributed by atoms with E-state index in [1.165, 1.54) is 0 Å². The maximum absolute atomic E-state index is 12.8. The van der Waals surface area contributed by atoms with Crippen LogP contribution in [0.4, 0.5) is 5.69 Å². The van der Waals surface area contributed by atoms with Gasteiger partial charge >= 0.3 is 0 Å². The number of rotatable bonds is 8. The Morgan fingerprint density at radius 1 is 1.26 bits per heavy atom. The van der Waals surface area contributed by atoms with Crippen molar-refractivity contribution in [1.82, 2.24) is 15.2 Å². The molecule has 0 spiro atoms. The Kier molecular flexibility index (Phi) is 7.25. The summed E-state index contributed by atoms with van der Waals surface area (Å²) in [5, 5.41) is 5.84. The van der Waals surface area contributed by atoms with E-state index in [-0.39, 0.29) is 11.8 Å². The highest BCUT2D eigenvalue weighted by Crippen LogP contribution is 2.35. The molecule has 0 saturated heterocycles. The SMILES string of the molecule is CCN(CC)CCNC(=O)c1c(C)[nH]c(/C=C2\C(=O)Nc3ccc([S+](C)[O-])cc32)c1C. The van der Waals surface area contributed by atoms with Crippen molar-refractivity contribution in [1.29, 1.82) is 0 Å². The standard InChI is InChI=1S/C23H30N4O3S/c1-6-27(7-2)11-10-24-23(29)21-14(3)20(25-15(21)4)13-18-17-12-16(31(5)30)8-9-19(17)26-22(18)28/h8-9,12-13,25H,6-7,10-11H2,1-5H3,(H,24,29)(H,26,28)/b18-13-. The molecule has 1 aliphatic rings.